The number of likely N-dealkylation sites (tertiary alicyclic amines) is 1. The lowest BCUT2D eigenvalue weighted by atomic mass is 10.0. The molecule has 0 aliphatic carbocycles. The van der Waals surface area contributed by atoms with Crippen molar-refractivity contribution in [2.75, 3.05) is 62.7 Å². The Morgan fingerprint density at radius 1 is 1.05 bits per heavy atom. The monoisotopic (exact) mass is 636 g/mol. The van der Waals surface area contributed by atoms with Gasteiger partial charge in [-0.1, -0.05) is 12.1 Å². The zero-order chi connectivity index (χ0) is 28.9. The van der Waals surface area contributed by atoms with E-state index in [4.69, 9.17) is 9.72 Å². The molecule has 10 nitrogen and oxygen atoms in total. The summed E-state index contributed by atoms with van der Waals surface area (Å²) in [6.45, 7) is 6.51. The minimum absolute atomic E-state index is 0.403. The van der Waals surface area contributed by atoms with Crippen LogP contribution >= 0.6 is 23.1 Å². The van der Waals surface area contributed by atoms with Crippen LogP contribution in [0.4, 0.5) is 28.8 Å². The number of aryl methyl sites for hydroxylation is 1. The zero-order valence-electron chi connectivity index (χ0n) is 23.8. The number of nitrogens with zero attached hydrogens (tertiary/aromatic N) is 6. The Morgan fingerprint density at radius 2 is 1.83 bits per heavy atom. The van der Waals surface area contributed by atoms with Crippen LogP contribution in [0.3, 0.4) is 0 Å². The largest absolute Gasteiger partial charge is 0.494 e. The number of anilines is 5. The fraction of sp³-hybridized carbons (Fsp3) is 0.345. The second-order valence-electron chi connectivity index (χ2n) is 11.0. The van der Waals surface area contributed by atoms with Crippen LogP contribution in [0.1, 0.15) is 5.69 Å². The number of aromatic nitrogens is 4. The molecule has 6 rings (SSSR count). The second kappa shape index (κ2) is 10.8. The minimum atomic E-state index is -2.51. The zero-order valence-corrected chi connectivity index (χ0v) is 26.3. The molecule has 0 spiro atoms. The lowest BCUT2D eigenvalue weighted by Gasteiger charge is -2.45. The summed E-state index contributed by atoms with van der Waals surface area (Å²) >= 11 is 3.56. The molecular formula is C29H34BrN8O2P. The van der Waals surface area contributed by atoms with Gasteiger partial charge in [-0.3, -0.25) is 4.68 Å². The highest BCUT2D eigenvalue weighted by molar-refractivity contribution is 9.10. The van der Waals surface area contributed by atoms with Gasteiger partial charge in [-0.05, 0) is 54.5 Å². The van der Waals surface area contributed by atoms with Crippen LogP contribution < -0.4 is 25.6 Å². The normalized spacial score (nSPS) is 15.5. The second-order valence-corrected chi connectivity index (χ2v) is 15.1. The van der Waals surface area contributed by atoms with Crippen molar-refractivity contribution in [2.45, 2.75) is 12.5 Å². The summed E-state index contributed by atoms with van der Waals surface area (Å²) in [4.78, 5) is 14.1. The van der Waals surface area contributed by atoms with Gasteiger partial charge in [0.25, 0.3) is 0 Å². The van der Waals surface area contributed by atoms with Gasteiger partial charge in [0.05, 0.1) is 35.2 Å². The summed E-state index contributed by atoms with van der Waals surface area (Å²) in [5.74, 6) is 1.67. The van der Waals surface area contributed by atoms with Crippen molar-refractivity contribution in [1.82, 2.24) is 24.6 Å². The van der Waals surface area contributed by atoms with Crippen molar-refractivity contribution in [3.63, 3.8) is 0 Å². The molecule has 0 saturated carbocycles. The number of hydrogen-bond donors (Lipinski definition) is 2. The number of rotatable bonds is 7. The van der Waals surface area contributed by atoms with E-state index < -0.39 is 7.14 Å². The van der Waals surface area contributed by atoms with Crippen molar-refractivity contribution in [2.24, 2.45) is 7.05 Å². The molecule has 2 aromatic heterocycles. The van der Waals surface area contributed by atoms with Gasteiger partial charge in [0, 0.05) is 73.2 Å². The van der Waals surface area contributed by atoms with Gasteiger partial charge in [-0.15, -0.1) is 0 Å². The highest BCUT2D eigenvalue weighted by Crippen LogP contribution is 2.44. The maximum Gasteiger partial charge on any atom is 0.229 e. The third-order valence-electron chi connectivity index (χ3n) is 7.78. The molecule has 0 bridgehead atoms. The van der Waals surface area contributed by atoms with Crippen LogP contribution in [0.25, 0.3) is 11.1 Å². The fourth-order valence-electron chi connectivity index (χ4n) is 5.67. The van der Waals surface area contributed by atoms with Gasteiger partial charge in [0.2, 0.25) is 5.95 Å². The average molecular weight is 638 g/mol. The molecule has 41 heavy (non-hydrogen) atoms. The number of methoxy groups -OCH3 is 1. The van der Waals surface area contributed by atoms with Crippen LogP contribution in [-0.2, 0) is 18.0 Å². The van der Waals surface area contributed by atoms with Crippen molar-refractivity contribution < 1.29 is 9.30 Å². The molecule has 1 fully saturated rings. The van der Waals surface area contributed by atoms with Gasteiger partial charge in [0.1, 0.15) is 18.7 Å². The topological polar surface area (TPSA) is 100 Å². The lowest BCUT2D eigenvalue weighted by molar-refractivity contribution is 0.183. The van der Waals surface area contributed by atoms with E-state index in [0.717, 1.165) is 59.5 Å². The number of hydrogen-bond acceptors (Lipinski definition) is 9. The Bertz CT molecular complexity index is 1660. The summed E-state index contributed by atoms with van der Waals surface area (Å²) in [7, 11) is 3.34. The SMILES string of the molecule is COc1cc2c(cc1Nc1ncc(Br)c(Nc3ccccc3P(C)(C)=O)n1)-c1cnn(C)c1CCN2C1CN(C)C1. The Kier molecular flexibility index (Phi) is 7.30. The molecule has 1 saturated heterocycles. The maximum absolute atomic E-state index is 12.9. The Balaban J connectivity index is 1.38. The van der Waals surface area contributed by atoms with Crippen molar-refractivity contribution in [1.29, 1.82) is 0 Å². The molecule has 2 aliphatic rings. The number of benzene rings is 2. The van der Waals surface area contributed by atoms with Gasteiger partial charge in [-0.2, -0.15) is 10.1 Å². The van der Waals surface area contributed by atoms with Gasteiger partial charge < -0.3 is 29.7 Å². The van der Waals surface area contributed by atoms with Gasteiger partial charge in [-0.25, -0.2) is 4.98 Å². The minimum Gasteiger partial charge on any atom is -0.494 e. The molecule has 12 heteroatoms. The first-order chi connectivity index (χ1) is 19.6. The molecule has 214 valence electrons. The summed E-state index contributed by atoms with van der Waals surface area (Å²) in [6.07, 6.45) is 4.57. The first-order valence-electron chi connectivity index (χ1n) is 13.5. The van der Waals surface area contributed by atoms with Crippen LogP contribution in [0, 0.1) is 0 Å². The van der Waals surface area contributed by atoms with E-state index in [1.54, 1.807) is 26.6 Å². The van der Waals surface area contributed by atoms with E-state index in [9.17, 15) is 4.57 Å². The Morgan fingerprint density at radius 3 is 2.56 bits per heavy atom. The number of fused-ring (bicyclic) bond motifs is 3. The van der Waals surface area contributed by atoms with Crippen molar-refractivity contribution in [3.8, 4) is 16.9 Å². The summed E-state index contributed by atoms with van der Waals surface area (Å²) in [5, 5.41) is 12.1. The summed E-state index contributed by atoms with van der Waals surface area (Å²) < 4.78 is 21.5. The first kappa shape index (κ1) is 27.8. The molecule has 4 aromatic rings. The van der Waals surface area contributed by atoms with Crippen LogP contribution in [0.2, 0.25) is 0 Å². The van der Waals surface area contributed by atoms with E-state index in [1.165, 1.54) is 5.69 Å². The molecule has 2 N–H and O–H groups in total. The lowest BCUT2D eigenvalue weighted by Crippen LogP contribution is -2.58. The molecule has 0 unspecified atom stereocenters. The third-order valence-corrected chi connectivity index (χ3v) is 9.91. The highest BCUT2D eigenvalue weighted by atomic mass is 79.9. The van der Waals surface area contributed by atoms with E-state index in [2.05, 4.69) is 65.6 Å². The maximum atomic E-state index is 12.9. The van der Waals surface area contributed by atoms with E-state index >= 15 is 0 Å². The molecule has 0 atom stereocenters. The number of halogens is 1. The fourth-order valence-corrected chi connectivity index (χ4v) is 7.12. The molecule has 0 radical (unpaired) electrons. The quantitative estimate of drug-likeness (QED) is 0.270. The van der Waals surface area contributed by atoms with Crippen LogP contribution in [0.15, 0.2) is 53.3 Å². The van der Waals surface area contributed by atoms with E-state index in [-0.39, 0.29) is 0 Å². The summed E-state index contributed by atoms with van der Waals surface area (Å²) in [5.41, 5.74) is 6.11. The molecule has 4 heterocycles. The number of para-hydroxylation sites is 1. The number of nitrogens with one attached hydrogen (secondary N) is 2. The molecule has 2 aliphatic heterocycles. The van der Waals surface area contributed by atoms with Crippen molar-refractivity contribution >= 4 is 57.2 Å². The third kappa shape index (κ3) is 5.34. The number of ether oxygens (including phenoxy) is 1. The van der Waals surface area contributed by atoms with E-state index in [1.807, 2.05) is 42.2 Å². The molecular weight excluding hydrogens is 603 g/mol. The van der Waals surface area contributed by atoms with Crippen molar-refractivity contribution in [3.05, 3.63) is 59.0 Å². The first-order valence-corrected chi connectivity index (χ1v) is 16.9. The van der Waals surface area contributed by atoms with Crippen LogP contribution in [-0.4, -0.2) is 77.8 Å². The average Bonchev–Trinajstić information content (AvgIpc) is 3.21. The highest BCUT2D eigenvalue weighted by Gasteiger charge is 2.34. The van der Waals surface area contributed by atoms with Gasteiger partial charge in [0.15, 0.2) is 0 Å². The Labute approximate surface area is 248 Å². The Hall–Kier alpha value is -3.40. The van der Waals surface area contributed by atoms with Gasteiger partial charge >= 0.3 is 0 Å². The van der Waals surface area contributed by atoms with Crippen LogP contribution in [0.5, 0.6) is 5.75 Å². The standard InChI is InChI=1S/C29H34BrN8O2P/c1-36-16-18(17-36)38-11-10-24-20(14-32-37(24)2)19-12-23(26(40-3)13-25(19)38)34-29-31-15-21(30)28(35-29)33-22-8-6-7-9-27(22)41(4,5)39/h6-9,12-15,18H,10-11,16-17H2,1-5H3,(H2,31,33,34,35). The predicted octanol–water partition coefficient (Wildman–Crippen LogP) is 5.06. The molecule has 2 aromatic carbocycles. The smallest absolute Gasteiger partial charge is 0.229 e. The number of likely N-dealkylation sites (N-methyl/N-ethyl adjacent to an activating group) is 1. The van der Waals surface area contributed by atoms with E-state index in [0.29, 0.717) is 28.0 Å². The predicted molar refractivity (Wildman–Crippen MR) is 169 cm³/mol. The summed E-state index contributed by atoms with van der Waals surface area (Å²) in [6, 6.07) is 12.3. The molecule has 0 amide bonds.